The van der Waals surface area contributed by atoms with E-state index < -0.39 is 23.7 Å². The molecule has 1 heterocycles. The molecule has 3 N–H and O–H groups in total. The van der Waals surface area contributed by atoms with Crippen LogP contribution in [-0.4, -0.2) is 51.4 Å². The van der Waals surface area contributed by atoms with E-state index in [1.807, 2.05) is 48.5 Å². The van der Waals surface area contributed by atoms with Gasteiger partial charge in [-0.05, 0) is 59.4 Å². The molecule has 12 heteroatoms. The number of nitrogens with zero attached hydrogens (tertiary/aromatic N) is 3. The highest BCUT2D eigenvalue weighted by molar-refractivity contribution is 5.99. The van der Waals surface area contributed by atoms with Crippen molar-refractivity contribution in [3.8, 4) is 0 Å². The smallest absolute Gasteiger partial charge is 0.413 e. The Morgan fingerprint density at radius 1 is 0.926 bits per heavy atom. The molecule has 0 fully saturated rings. The first-order valence-electron chi connectivity index (χ1n) is 18.1. The van der Waals surface area contributed by atoms with Crippen LogP contribution in [0.4, 0.5) is 10.6 Å². The fourth-order valence-electron chi connectivity index (χ4n) is 6.46. The third kappa shape index (κ3) is 10.8. The first-order chi connectivity index (χ1) is 25.9. The van der Waals surface area contributed by atoms with Crippen molar-refractivity contribution >= 4 is 29.6 Å². The summed E-state index contributed by atoms with van der Waals surface area (Å²) in [4.78, 5) is 71.8. The molecule has 2 atom stereocenters. The van der Waals surface area contributed by atoms with Crippen LogP contribution in [0.15, 0.2) is 114 Å². The van der Waals surface area contributed by atoms with E-state index in [1.54, 1.807) is 36.4 Å². The lowest BCUT2D eigenvalue weighted by Gasteiger charge is -2.35. The minimum Gasteiger partial charge on any atom is -0.444 e. The Labute approximate surface area is 315 Å². The molecule has 0 aliphatic heterocycles. The van der Waals surface area contributed by atoms with Crippen LogP contribution in [-0.2, 0) is 27.5 Å². The number of anilines is 1. The quantitative estimate of drug-likeness (QED) is 0.148. The molecule has 54 heavy (non-hydrogen) atoms. The molecule has 3 aromatic carbocycles. The SMILES string of the molecule is CC(=O)NCCN(C(=O)c1ccccc1Cn1ccc(NC(=O)OCc2ccccc2)nc1=O)C(C(=O)NC1=CCC(C(C)(C)C)CC1)c1ccccc1. The largest absolute Gasteiger partial charge is 0.444 e. The summed E-state index contributed by atoms with van der Waals surface area (Å²) in [6.07, 6.45) is 5.29. The molecule has 0 radical (unpaired) electrons. The molecule has 1 aliphatic carbocycles. The molecule has 282 valence electrons. The van der Waals surface area contributed by atoms with Crippen molar-refractivity contribution in [2.75, 3.05) is 18.4 Å². The summed E-state index contributed by atoms with van der Waals surface area (Å²) in [5, 5.41) is 8.35. The van der Waals surface area contributed by atoms with E-state index >= 15 is 0 Å². The van der Waals surface area contributed by atoms with Gasteiger partial charge in [-0.15, -0.1) is 0 Å². The van der Waals surface area contributed by atoms with E-state index in [0.29, 0.717) is 23.5 Å². The zero-order valence-corrected chi connectivity index (χ0v) is 31.2. The topological polar surface area (TPSA) is 152 Å². The monoisotopic (exact) mass is 732 g/mol. The number of carbonyl (C=O) groups excluding carboxylic acids is 4. The molecule has 4 aromatic rings. The Morgan fingerprint density at radius 3 is 2.26 bits per heavy atom. The third-order valence-electron chi connectivity index (χ3n) is 9.49. The second kappa shape index (κ2) is 18.1. The average Bonchev–Trinajstić information content (AvgIpc) is 3.15. The summed E-state index contributed by atoms with van der Waals surface area (Å²) in [5.74, 6) is -0.570. The van der Waals surface area contributed by atoms with Crippen LogP contribution in [0.25, 0.3) is 0 Å². The Kier molecular flexibility index (Phi) is 13.2. The summed E-state index contributed by atoms with van der Waals surface area (Å²) in [5.41, 5.74) is 2.52. The van der Waals surface area contributed by atoms with Gasteiger partial charge in [-0.3, -0.25) is 24.3 Å². The summed E-state index contributed by atoms with van der Waals surface area (Å²) in [7, 11) is 0. The highest BCUT2D eigenvalue weighted by Gasteiger charge is 2.34. The molecule has 4 amide bonds. The van der Waals surface area contributed by atoms with Gasteiger partial charge < -0.3 is 20.3 Å². The first-order valence-corrected chi connectivity index (χ1v) is 18.1. The number of hydrogen-bond donors (Lipinski definition) is 3. The molecule has 12 nitrogen and oxygen atoms in total. The van der Waals surface area contributed by atoms with Crippen LogP contribution in [0.5, 0.6) is 0 Å². The summed E-state index contributed by atoms with van der Waals surface area (Å²) in [6.45, 7) is 8.25. The molecule has 1 aromatic heterocycles. The highest BCUT2D eigenvalue weighted by Crippen LogP contribution is 2.37. The number of allylic oxidation sites excluding steroid dienone is 2. The van der Waals surface area contributed by atoms with Crippen LogP contribution >= 0.6 is 0 Å². The average molecular weight is 733 g/mol. The van der Waals surface area contributed by atoms with Gasteiger partial charge in [-0.1, -0.05) is 106 Å². The molecule has 0 spiro atoms. The maximum Gasteiger partial charge on any atom is 0.413 e. The minimum atomic E-state index is -1.03. The number of hydrogen-bond acceptors (Lipinski definition) is 7. The minimum absolute atomic E-state index is 0.0153. The summed E-state index contributed by atoms with van der Waals surface area (Å²) >= 11 is 0. The number of amides is 4. The fraction of sp³-hybridized carbons (Fsp3) is 0.333. The standard InChI is InChI=1S/C42H48N6O6/c1-29(49)43-24-26-48(37(31-15-9-6-10-16-31)38(50)44-34-21-19-33(20-22-34)42(2,3)4)39(51)35-18-12-11-17-32(35)27-47-25-23-36(45-40(47)52)46-41(53)54-28-30-13-7-5-8-14-30/h5-18,21,23,25,33,37H,19-20,22,24,26-28H2,1-4H3,(H,43,49)(H,44,50)(H,45,46,52,53). The molecule has 0 saturated carbocycles. The van der Waals surface area contributed by atoms with Crippen molar-refractivity contribution in [2.45, 2.75) is 66.2 Å². The van der Waals surface area contributed by atoms with Gasteiger partial charge in [0, 0.05) is 37.5 Å². The predicted octanol–water partition coefficient (Wildman–Crippen LogP) is 6.21. The van der Waals surface area contributed by atoms with Crippen LogP contribution < -0.4 is 21.6 Å². The molecule has 5 rings (SSSR count). The molecule has 1 aliphatic rings. The molecule has 0 saturated heterocycles. The van der Waals surface area contributed by atoms with Crippen molar-refractivity contribution in [3.63, 3.8) is 0 Å². The first kappa shape index (κ1) is 39.2. The van der Waals surface area contributed by atoms with Crippen molar-refractivity contribution in [3.05, 3.63) is 142 Å². The molecule has 2 unspecified atom stereocenters. The predicted molar refractivity (Wildman–Crippen MR) is 206 cm³/mol. The van der Waals surface area contributed by atoms with Gasteiger partial charge in [0.1, 0.15) is 18.5 Å². The van der Waals surface area contributed by atoms with E-state index in [1.165, 1.54) is 28.7 Å². The summed E-state index contributed by atoms with van der Waals surface area (Å²) in [6, 6.07) is 25.5. The lowest BCUT2D eigenvalue weighted by molar-refractivity contribution is -0.125. The van der Waals surface area contributed by atoms with Crippen LogP contribution in [0, 0.1) is 11.3 Å². The van der Waals surface area contributed by atoms with Gasteiger partial charge in [0.2, 0.25) is 5.91 Å². The number of nitrogens with one attached hydrogen (secondary N) is 3. The molecule has 0 bridgehead atoms. The lowest BCUT2D eigenvalue weighted by Crippen LogP contribution is -2.47. The normalized spacial score (nSPS) is 14.6. The van der Waals surface area contributed by atoms with E-state index in [9.17, 15) is 24.0 Å². The Bertz CT molecular complexity index is 2020. The number of benzene rings is 3. The van der Waals surface area contributed by atoms with Crippen molar-refractivity contribution in [2.24, 2.45) is 11.3 Å². The number of ether oxygens (including phenoxy) is 1. The van der Waals surface area contributed by atoms with E-state index in [2.05, 4.69) is 47.8 Å². The second-order valence-electron chi connectivity index (χ2n) is 14.4. The number of carbonyl (C=O) groups is 4. The van der Waals surface area contributed by atoms with E-state index in [4.69, 9.17) is 4.74 Å². The van der Waals surface area contributed by atoms with Crippen LogP contribution in [0.3, 0.4) is 0 Å². The van der Waals surface area contributed by atoms with Crippen LogP contribution in [0.1, 0.15) is 80.0 Å². The van der Waals surface area contributed by atoms with Gasteiger partial charge in [0.25, 0.3) is 11.8 Å². The van der Waals surface area contributed by atoms with E-state index in [0.717, 1.165) is 24.1 Å². The number of rotatable bonds is 13. The maximum atomic E-state index is 14.7. The van der Waals surface area contributed by atoms with Gasteiger partial charge in [-0.2, -0.15) is 4.98 Å². The Balaban J connectivity index is 1.38. The van der Waals surface area contributed by atoms with Crippen molar-refractivity contribution < 1.29 is 23.9 Å². The zero-order chi connectivity index (χ0) is 38.7. The van der Waals surface area contributed by atoms with Gasteiger partial charge >= 0.3 is 11.8 Å². The molecular weight excluding hydrogens is 684 g/mol. The van der Waals surface area contributed by atoms with E-state index in [-0.39, 0.29) is 54.9 Å². The second-order valence-corrected chi connectivity index (χ2v) is 14.4. The fourth-order valence-corrected chi connectivity index (χ4v) is 6.46. The zero-order valence-electron chi connectivity index (χ0n) is 31.2. The number of aromatic nitrogens is 2. The lowest BCUT2D eigenvalue weighted by atomic mass is 9.74. The van der Waals surface area contributed by atoms with Crippen molar-refractivity contribution in [1.82, 2.24) is 25.1 Å². The summed E-state index contributed by atoms with van der Waals surface area (Å²) < 4.78 is 6.55. The molecular formula is C42H48N6O6. The Morgan fingerprint density at radius 2 is 1.61 bits per heavy atom. The maximum absolute atomic E-state index is 14.7. The van der Waals surface area contributed by atoms with Crippen molar-refractivity contribution in [1.29, 1.82) is 0 Å². The van der Waals surface area contributed by atoms with Crippen LogP contribution in [0.2, 0.25) is 0 Å². The van der Waals surface area contributed by atoms with Gasteiger partial charge in [-0.25, -0.2) is 9.59 Å². The third-order valence-corrected chi connectivity index (χ3v) is 9.49. The van der Waals surface area contributed by atoms with Gasteiger partial charge in [0.05, 0.1) is 6.54 Å². The highest BCUT2D eigenvalue weighted by atomic mass is 16.5. The van der Waals surface area contributed by atoms with Gasteiger partial charge in [0.15, 0.2) is 0 Å². The Hall–Kier alpha value is -6.04.